The molecule has 0 spiro atoms. The van der Waals surface area contributed by atoms with Crippen LogP contribution in [-0.2, 0) is 5.41 Å². The van der Waals surface area contributed by atoms with Gasteiger partial charge in [-0.1, -0.05) is 26.8 Å². The summed E-state index contributed by atoms with van der Waals surface area (Å²) in [5, 5.41) is 4.86. The zero-order chi connectivity index (χ0) is 13.6. The predicted octanol–water partition coefficient (Wildman–Crippen LogP) is 3.85. The Hall–Kier alpha value is -1.28. The van der Waals surface area contributed by atoms with Gasteiger partial charge in [0.15, 0.2) is 0 Å². The molecule has 2 aromatic rings. The molecule has 1 aromatic heterocycles. The van der Waals surface area contributed by atoms with Crippen LogP contribution in [0, 0.1) is 6.92 Å². The standard InChI is InChI=1S/C17H24N2/c1-11-14-9-13(17(2,3)4)5-6-15(14)19-16(11)12-7-8-18-10-12/h5-6,9,12,18-19H,7-8,10H2,1-4H3. The van der Waals surface area contributed by atoms with Crippen molar-refractivity contribution in [1.82, 2.24) is 10.3 Å². The molecule has 1 aromatic carbocycles. The molecule has 2 N–H and O–H groups in total. The number of aromatic amines is 1. The van der Waals surface area contributed by atoms with Gasteiger partial charge in [0.25, 0.3) is 0 Å². The molecule has 3 rings (SSSR count). The van der Waals surface area contributed by atoms with Crippen LogP contribution in [0.5, 0.6) is 0 Å². The first-order chi connectivity index (χ1) is 8.97. The van der Waals surface area contributed by atoms with Crippen LogP contribution in [0.1, 0.15) is 49.9 Å². The summed E-state index contributed by atoms with van der Waals surface area (Å²) in [6.45, 7) is 11.3. The van der Waals surface area contributed by atoms with E-state index in [0.717, 1.165) is 13.1 Å². The molecular formula is C17H24N2. The molecule has 1 aliphatic rings. The fourth-order valence-electron chi connectivity index (χ4n) is 3.12. The van der Waals surface area contributed by atoms with Gasteiger partial charge in [-0.15, -0.1) is 0 Å². The minimum Gasteiger partial charge on any atom is -0.358 e. The molecule has 19 heavy (non-hydrogen) atoms. The lowest BCUT2D eigenvalue weighted by molar-refractivity contribution is 0.591. The van der Waals surface area contributed by atoms with Gasteiger partial charge in [0, 0.05) is 29.1 Å². The van der Waals surface area contributed by atoms with E-state index in [2.05, 4.69) is 56.2 Å². The lowest BCUT2D eigenvalue weighted by atomic mass is 9.86. The van der Waals surface area contributed by atoms with Crippen molar-refractivity contribution in [2.75, 3.05) is 13.1 Å². The van der Waals surface area contributed by atoms with Crippen LogP contribution in [0.3, 0.4) is 0 Å². The summed E-state index contributed by atoms with van der Waals surface area (Å²) < 4.78 is 0. The summed E-state index contributed by atoms with van der Waals surface area (Å²) in [6.07, 6.45) is 1.25. The molecule has 1 aliphatic heterocycles. The van der Waals surface area contributed by atoms with Crippen molar-refractivity contribution in [3.63, 3.8) is 0 Å². The Labute approximate surface area is 115 Å². The number of fused-ring (bicyclic) bond motifs is 1. The van der Waals surface area contributed by atoms with E-state index < -0.39 is 0 Å². The smallest absolute Gasteiger partial charge is 0.0459 e. The lowest BCUT2D eigenvalue weighted by Gasteiger charge is -2.19. The molecule has 2 heterocycles. The van der Waals surface area contributed by atoms with Crippen molar-refractivity contribution < 1.29 is 0 Å². The minimum atomic E-state index is 0.215. The molecule has 1 fully saturated rings. The number of H-pyrrole nitrogens is 1. The normalized spacial score (nSPS) is 20.3. The maximum atomic E-state index is 3.64. The van der Waals surface area contributed by atoms with Crippen LogP contribution in [-0.4, -0.2) is 18.1 Å². The average molecular weight is 256 g/mol. The van der Waals surface area contributed by atoms with Crippen LogP contribution in [0.4, 0.5) is 0 Å². The SMILES string of the molecule is Cc1c(C2CCNC2)[nH]c2ccc(C(C)(C)C)cc12. The summed E-state index contributed by atoms with van der Waals surface area (Å²) in [7, 11) is 0. The monoisotopic (exact) mass is 256 g/mol. The molecule has 1 atom stereocenters. The summed E-state index contributed by atoms with van der Waals surface area (Å²) in [5.74, 6) is 0.658. The molecule has 0 aliphatic carbocycles. The number of hydrogen-bond donors (Lipinski definition) is 2. The number of hydrogen-bond acceptors (Lipinski definition) is 1. The van der Waals surface area contributed by atoms with E-state index in [9.17, 15) is 0 Å². The molecule has 102 valence electrons. The molecule has 0 saturated carbocycles. The molecule has 0 amide bonds. The van der Waals surface area contributed by atoms with Crippen LogP contribution in [0.25, 0.3) is 10.9 Å². The van der Waals surface area contributed by atoms with Crippen molar-refractivity contribution in [3.05, 3.63) is 35.0 Å². The predicted molar refractivity (Wildman–Crippen MR) is 82.0 cm³/mol. The molecule has 1 saturated heterocycles. The third-order valence-electron chi connectivity index (χ3n) is 4.43. The van der Waals surface area contributed by atoms with Gasteiger partial charge < -0.3 is 10.3 Å². The molecule has 2 nitrogen and oxygen atoms in total. The second kappa shape index (κ2) is 4.38. The maximum absolute atomic E-state index is 3.64. The Morgan fingerprint density at radius 1 is 1.21 bits per heavy atom. The van der Waals surface area contributed by atoms with E-state index in [0.29, 0.717) is 5.92 Å². The van der Waals surface area contributed by atoms with Crippen LogP contribution in [0.15, 0.2) is 18.2 Å². The molecule has 0 bridgehead atoms. The molecular weight excluding hydrogens is 232 g/mol. The zero-order valence-corrected chi connectivity index (χ0v) is 12.4. The highest BCUT2D eigenvalue weighted by Crippen LogP contribution is 2.33. The van der Waals surface area contributed by atoms with E-state index in [1.165, 1.54) is 34.1 Å². The average Bonchev–Trinajstić information content (AvgIpc) is 2.96. The second-order valence-corrected chi connectivity index (χ2v) is 6.86. The first-order valence-corrected chi connectivity index (χ1v) is 7.30. The first kappa shape index (κ1) is 12.7. The largest absolute Gasteiger partial charge is 0.358 e. The van der Waals surface area contributed by atoms with Crippen molar-refractivity contribution in [3.8, 4) is 0 Å². The second-order valence-electron chi connectivity index (χ2n) is 6.86. The highest BCUT2D eigenvalue weighted by atomic mass is 14.9. The Morgan fingerprint density at radius 3 is 2.63 bits per heavy atom. The summed E-state index contributed by atoms with van der Waals surface area (Å²) in [4.78, 5) is 3.64. The lowest BCUT2D eigenvalue weighted by Crippen LogP contribution is -2.10. The fraction of sp³-hybridized carbons (Fsp3) is 0.529. The topological polar surface area (TPSA) is 27.8 Å². The van der Waals surface area contributed by atoms with E-state index in [-0.39, 0.29) is 5.41 Å². The summed E-state index contributed by atoms with van der Waals surface area (Å²) in [6, 6.07) is 6.87. The van der Waals surface area contributed by atoms with Gasteiger partial charge in [0.1, 0.15) is 0 Å². The number of benzene rings is 1. The van der Waals surface area contributed by atoms with Gasteiger partial charge in [-0.25, -0.2) is 0 Å². The number of aromatic nitrogens is 1. The molecule has 1 unspecified atom stereocenters. The van der Waals surface area contributed by atoms with E-state index in [1.54, 1.807) is 0 Å². The Morgan fingerprint density at radius 2 is 2.00 bits per heavy atom. The number of aryl methyl sites for hydroxylation is 1. The van der Waals surface area contributed by atoms with Crippen molar-refractivity contribution in [2.45, 2.75) is 45.4 Å². The van der Waals surface area contributed by atoms with Gasteiger partial charge in [-0.2, -0.15) is 0 Å². The third-order valence-corrected chi connectivity index (χ3v) is 4.43. The Kier molecular flexibility index (Phi) is 2.94. The van der Waals surface area contributed by atoms with Crippen LogP contribution in [0.2, 0.25) is 0 Å². The van der Waals surface area contributed by atoms with Crippen LogP contribution >= 0.6 is 0 Å². The van der Waals surface area contributed by atoms with Gasteiger partial charge >= 0.3 is 0 Å². The van der Waals surface area contributed by atoms with Crippen LogP contribution < -0.4 is 5.32 Å². The quantitative estimate of drug-likeness (QED) is 0.797. The Bertz CT molecular complexity index is 595. The summed E-state index contributed by atoms with van der Waals surface area (Å²) >= 11 is 0. The van der Waals surface area contributed by atoms with E-state index in [4.69, 9.17) is 0 Å². The highest BCUT2D eigenvalue weighted by molar-refractivity contribution is 5.85. The molecule has 0 radical (unpaired) electrons. The first-order valence-electron chi connectivity index (χ1n) is 7.30. The number of rotatable bonds is 1. The number of nitrogens with one attached hydrogen (secondary N) is 2. The van der Waals surface area contributed by atoms with E-state index >= 15 is 0 Å². The minimum absolute atomic E-state index is 0.215. The third kappa shape index (κ3) is 2.18. The summed E-state index contributed by atoms with van der Waals surface area (Å²) in [5.41, 5.74) is 5.79. The van der Waals surface area contributed by atoms with Gasteiger partial charge in [-0.3, -0.25) is 0 Å². The Balaban J connectivity index is 2.10. The fourth-order valence-corrected chi connectivity index (χ4v) is 3.12. The highest BCUT2D eigenvalue weighted by Gasteiger charge is 2.22. The zero-order valence-electron chi connectivity index (χ0n) is 12.4. The molecule has 2 heteroatoms. The van der Waals surface area contributed by atoms with E-state index in [1.807, 2.05) is 0 Å². The van der Waals surface area contributed by atoms with Crippen molar-refractivity contribution in [2.24, 2.45) is 0 Å². The maximum Gasteiger partial charge on any atom is 0.0459 e. The van der Waals surface area contributed by atoms with Gasteiger partial charge in [0.2, 0.25) is 0 Å². The van der Waals surface area contributed by atoms with Crippen molar-refractivity contribution in [1.29, 1.82) is 0 Å². The van der Waals surface area contributed by atoms with Gasteiger partial charge in [-0.05, 0) is 48.6 Å². The van der Waals surface area contributed by atoms with Gasteiger partial charge in [0.05, 0.1) is 0 Å². The van der Waals surface area contributed by atoms with Crippen molar-refractivity contribution >= 4 is 10.9 Å².